The summed E-state index contributed by atoms with van der Waals surface area (Å²) >= 11 is 5.87. The van der Waals surface area contributed by atoms with E-state index in [1.165, 1.54) is 6.07 Å². The largest absolute Gasteiger partial charge is 0.326 e. The van der Waals surface area contributed by atoms with E-state index in [1.807, 2.05) is 4.57 Å². The molecule has 1 aliphatic rings. The number of halogens is 3. The third-order valence-corrected chi connectivity index (χ3v) is 4.33. The Hall–Kier alpha value is -1.16. The highest BCUT2D eigenvalue weighted by atomic mass is 35.5. The highest BCUT2D eigenvalue weighted by Crippen LogP contribution is 2.52. The summed E-state index contributed by atoms with van der Waals surface area (Å²) in [5.41, 5.74) is 0.998. The van der Waals surface area contributed by atoms with Crippen LogP contribution >= 0.6 is 11.6 Å². The zero-order valence-electron chi connectivity index (χ0n) is 10.9. The van der Waals surface area contributed by atoms with Gasteiger partial charge in [-0.15, -0.1) is 11.6 Å². The van der Waals surface area contributed by atoms with Gasteiger partial charge in [-0.3, -0.25) is 0 Å². The first kappa shape index (κ1) is 12.9. The SMILES string of the molecule is CC1(C)CC1Cn1c(CCl)nc2c(F)cc(F)cc21. The van der Waals surface area contributed by atoms with Crippen molar-refractivity contribution < 1.29 is 8.78 Å². The van der Waals surface area contributed by atoms with Gasteiger partial charge in [-0.25, -0.2) is 13.8 Å². The highest BCUT2D eigenvalue weighted by Gasteiger charge is 2.45. The Morgan fingerprint density at radius 3 is 2.68 bits per heavy atom. The van der Waals surface area contributed by atoms with E-state index >= 15 is 0 Å². The Morgan fingerprint density at radius 2 is 2.11 bits per heavy atom. The molecule has 0 aliphatic heterocycles. The van der Waals surface area contributed by atoms with E-state index in [1.54, 1.807) is 0 Å². The molecule has 1 aromatic heterocycles. The van der Waals surface area contributed by atoms with Crippen LogP contribution in [-0.4, -0.2) is 9.55 Å². The van der Waals surface area contributed by atoms with Crippen molar-refractivity contribution in [2.24, 2.45) is 11.3 Å². The lowest BCUT2D eigenvalue weighted by Gasteiger charge is -2.09. The summed E-state index contributed by atoms with van der Waals surface area (Å²) in [6, 6.07) is 2.19. The van der Waals surface area contributed by atoms with Gasteiger partial charge in [-0.1, -0.05) is 13.8 Å². The molecule has 1 aromatic carbocycles. The van der Waals surface area contributed by atoms with Crippen molar-refractivity contribution in [1.29, 1.82) is 0 Å². The van der Waals surface area contributed by atoms with Gasteiger partial charge in [0.1, 0.15) is 17.2 Å². The zero-order chi connectivity index (χ0) is 13.8. The molecule has 0 bridgehead atoms. The molecule has 102 valence electrons. The van der Waals surface area contributed by atoms with Crippen LogP contribution < -0.4 is 0 Å². The number of hydrogen-bond acceptors (Lipinski definition) is 1. The van der Waals surface area contributed by atoms with Gasteiger partial charge < -0.3 is 4.57 Å². The Labute approximate surface area is 115 Å². The molecule has 3 rings (SSSR count). The van der Waals surface area contributed by atoms with Gasteiger partial charge in [-0.05, 0) is 23.8 Å². The average Bonchev–Trinajstić information content (AvgIpc) is 2.77. The van der Waals surface area contributed by atoms with Crippen LogP contribution in [0.15, 0.2) is 12.1 Å². The number of nitrogens with zero attached hydrogens (tertiary/aromatic N) is 2. The van der Waals surface area contributed by atoms with E-state index in [9.17, 15) is 8.78 Å². The number of aromatic nitrogens is 2. The fourth-order valence-electron chi connectivity index (χ4n) is 2.61. The summed E-state index contributed by atoms with van der Waals surface area (Å²) in [6.07, 6.45) is 1.12. The highest BCUT2D eigenvalue weighted by molar-refractivity contribution is 6.16. The first-order valence-corrected chi connectivity index (χ1v) is 6.86. The second-order valence-corrected chi connectivity index (χ2v) is 6.18. The minimum Gasteiger partial charge on any atom is -0.326 e. The maximum Gasteiger partial charge on any atom is 0.153 e. The van der Waals surface area contributed by atoms with Crippen molar-refractivity contribution in [3.63, 3.8) is 0 Å². The van der Waals surface area contributed by atoms with Crippen molar-refractivity contribution in [2.75, 3.05) is 0 Å². The number of alkyl halides is 1. The maximum atomic E-state index is 13.7. The quantitative estimate of drug-likeness (QED) is 0.776. The lowest BCUT2D eigenvalue weighted by molar-refractivity contribution is 0.498. The van der Waals surface area contributed by atoms with Crippen molar-refractivity contribution in [3.8, 4) is 0 Å². The van der Waals surface area contributed by atoms with E-state index in [0.29, 0.717) is 29.2 Å². The van der Waals surface area contributed by atoms with Gasteiger partial charge in [-0.2, -0.15) is 0 Å². The predicted octanol–water partition coefficient (Wildman–Crippen LogP) is 4.10. The number of fused-ring (bicyclic) bond motifs is 1. The van der Waals surface area contributed by atoms with E-state index in [0.717, 1.165) is 12.5 Å². The minimum atomic E-state index is -0.629. The Kier molecular flexibility index (Phi) is 2.82. The maximum absolute atomic E-state index is 13.7. The molecule has 1 fully saturated rings. The van der Waals surface area contributed by atoms with Gasteiger partial charge >= 0.3 is 0 Å². The predicted molar refractivity (Wildman–Crippen MR) is 71.1 cm³/mol. The molecular weight excluding hydrogens is 270 g/mol. The van der Waals surface area contributed by atoms with Gasteiger partial charge in [0, 0.05) is 12.6 Å². The van der Waals surface area contributed by atoms with Crippen LogP contribution in [0.2, 0.25) is 0 Å². The number of benzene rings is 1. The molecule has 1 atom stereocenters. The lowest BCUT2D eigenvalue weighted by atomic mass is 10.1. The molecule has 2 aromatic rings. The molecular formula is C14H15ClF2N2. The van der Waals surface area contributed by atoms with Crippen LogP contribution in [0, 0.1) is 23.0 Å². The van der Waals surface area contributed by atoms with Crippen molar-refractivity contribution in [3.05, 3.63) is 29.6 Å². The molecule has 1 aliphatic carbocycles. The molecule has 0 radical (unpaired) electrons. The molecule has 19 heavy (non-hydrogen) atoms. The molecule has 1 unspecified atom stereocenters. The number of rotatable bonds is 3. The Morgan fingerprint density at radius 1 is 1.42 bits per heavy atom. The molecule has 0 amide bonds. The summed E-state index contributed by atoms with van der Waals surface area (Å²) < 4.78 is 29.0. The van der Waals surface area contributed by atoms with Crippen molar-refractivity contribution >= 4 is 22.6 Å². The van der Waals surface area contributed by atoms with Gasteiger partial charge in [0.05, 0.1) is 11.4 Å². The summed E-state index contributed by atoms with van der Waals surface area (Å²) in [7, 11) is 0. The van der Waals surface area contributed by atoms with Crippen LogP contribution in [0.1, 0.15) is 26.1 Å². The third-order valence-electron chi connectivity index (χ3n) is 4.09. The number of imidazole rings is 1. The summed E-state index contributed by atoms with van der Waals surface area (Å²) in [4.78, 5) is 4.19. The normalized spacial score (nSPS) is 21.0. The van der Waals surface area contributed by atoms with Crippen LogP contribution in [-0.2, 0) is 12.4 Å². The molecule has 1 heterocycles. The van der Waals surface area contributed by atoms with Gasteiger partial charge in [0.25, 0.3) is 0 Å². The zero-order valence-corrected chi connectivity index (χ0v) is 11.6. The fraction of sp³-hybridized carbons (Fsp3) is 0.500. The Bertz CT molecular complexity index is 648. The first-order chi connectivity index (χ1) is 8.92. The van der Waals surface area contributed by atoms with E-state index in [4.69, 9.17) is 11.6 Å². The molecule has 0 spiro atoms. The van der Waals surface area contributed by atoms with E-state index in [2.05, 4.69) is 18.8 Å². The van der Waals surface area contributed by atoms with Crippen LogP contribution in [0.4, 0.5) is 8.78 Å². The first-order valence-electron chi connectivity index (χ1n) is 6.32. The van der Waals surface area contributed by atoms with Gasteiger partial charge in [0.2, 0.25) is 0 Å². The molecule has 1 saturated carbocycles. The molecule has 5 heteroatoms. The third kappa shape index (κ3) is 2.12. The van der Waals surface area contributed by atoms with Gasteiger partial charge in [0.15, 0.2) is 5.82 Å². The molecule has 0 N–H and O–H groups in total. The van der Waals surface area contributed by atoms with Crippen LogP contribution in [0.5, 0.6) is 0 Å². The van der Waals surface area contributed by atoms with E-state index in [-0.39, 0.29) is 11.4 Å². The standard InChI is InChI=1S/C14H15ClF2N2/c1-14(2)5-8(14)7-19-11-4-9(16)3-10(17)13(11)18-12(19)6-15/h3-4,8H,5-7H2,1-2H3. The van der Waals surface area contributed by atoms with Crippen LogP contribution in [0.25, 0.3) is 11.0 Å². The monoisotopic (exact) mass is 284 g/mol. The number of hydrogen-bond donors (Lipinski definition) is 0. The molecule has 0 saturated heterocycles. The second-order valence-electron chi connectivity index (χ2n) is 5.92. The minimum absolute atomic E-state index is 0.197. The Balaban J connectivity index is 2.10. The lowest BCUT2D eigenvalue weighted by Crippen LogP contribution is -2.07. The van der Waals surface area contributed by atoms with E-state index < -0.39 is 11.6 Å². The summed E-state index contributed by atoms with van der Waals surface area (Å²) in [5.74, 6) is 0.0997. The summed E-state index contributed by atoms with van der Waals surface area (Å²) in [6.45, 7) is 5.10. The topological polar surface area (TPSA) is 17.8 Å². The van der Waals surface area contributed by atoms with Crippen molar-refractivity contribution in [1.82, 2.24) is 9.55 Å². The summed E-state index contributed by atoms with van der Waals surface area (Å²) in [5, 5.41) is 0. The fourth-order valence-corrected chi connectivity index (χ4v) is 2.82. The van der Waals surface area contributed by atoms with Crippen molar-refractivity contribution in [2.45, 2.75) is 32.7 Å². The average molecular weight is 285 g/mol. The van der Waals surface area contributed by atoms with Crippen LogP contribution in [0.3, 0.4) is 0 Å². The molecule has 2 nitrogen and oxygen atoms in total. The second kappa shape index (κ2) is 4.17. The smallest absolute Gasteiger partial charge is 0.153 e.